The first kappa shape index (κ1) is 17.2. The Morgan fingerprint density at radius 2 is 2.00 bits per heavy atom. The Labute approximate surface area is 133 Å². The molecule has 1 atom stereocenters. The second-order valence-electron chi connectivity index (χ2n) is 5.67. The summed E-state index contributed by atoms with van der Waals surface area (Å²) in [7, 11) is -1.88. The highest BCUT2D eigenvalue weighted by atomic mass is 32.2. The fraction of sp³-hybridized carbons (Fsp3) is 0.625. The Morgan fingerprint density at radius 1 is 1.27 bits per heavy atom. The van der Waals surface area contributed by atoms with Gasteiger partial charge in [0.05, 0.1) is 12.0 Å². The number of hydrogen-bond acceptors (Lipinski definition) is 4. The van der Waals surface area contributed by atoms with Gasteiger partial charge in [0.1, 0.15) is 5.75 Å². The van der Waals surface area contributed by atoms with E-state index in [1.165, 1.54) is 19.3 Å². The van der Waals surface area contributed by atoms with Crippen LogP contribution in [0.15, 0.2) is 29.2 Å². The third-order valence-corrected chi connectivity index (χ3v) is 5.76. The molecule has 1 saturated heterocycles. The van der Waals surface area contributed by atoms with E-state index in [0.717, 1.165) is 19.5 Å². The Hall–Kier alpha value is -1.11. The number of ether oxygens (including phenoxy) is 1. The lowest BCUT2D eigenvalue weighted by Crippen LogP contribution is -2.43. The molecule has 1 aliphatic rings. The van der Waals surface area contributed by atoms with Crippen LogP contribution in [0.2, 0.25) is 0 Å². The molecule has 1 heterocycles. The maximum Gasteiger partial charge on any atom is 0.240 e. The summed E-state index contributed by atoms with van der Waals surface area (Å²) in [5.74, 6) is 0.651. The van der Waals surface area contributed by atoms with Crippen LogP contribution in [-0.2, 0) is 10.0 Å². The van der Waals surface area contributed by atoms with E-state index in [-0.39, 0.29) is 4.90 Å². The molecule has 0 spiro atoms. The summed E-state index contributed by atoms with van der Waals surface area (Å²) in [4.78, 5) is 2.68. The largest absolute Gasteiger partial charge is 0.497 e. The summed E-state index contributed by atoms with van der Waals surface area (Å²) in [5, 5.41) is 0. The predicted molar refractivity (Wildman–Crippen MR) is 87.7 cm³/mol. The van der Waals surface area contributed by atoms with Gasteiger partial charge in [-0.3, -0.25) is 4.90 Å². The maximum atomic E-state index is 12.3. The molecule has 1 aromatic rings. The second kappa shape index (κ2) is 7.94. The lowest BCUT2D eigenvalue weighted by atomic mass is 10.0. The van der Waals surface area contributed by atoms with Crippen molar-refractivity contribution in [2.24, 2.45) is 0 Å². The van der Waals surface area contributed by atoms with Gasteiger partial charge >= 0.3 is 0 Å². The molecule has 0 radical (unpaired) electrons. The fourth-order valence-electron chi connectivity index (χ4n) is 2.98. The Kier molecular flexibility index (Phi) is 6.23. The van der Waals surface area contributed by atoms with Crippen LogP contribution in [0.4, 0.5) is 0 Å². The Bertz CT molecular complexity index is 557. The van der Waals surface area contributed by atoms with E-state index < -0.39 is 10.0 Å². The summed E-state index contributed by atoms with van der Waals surface area (Å²) in [6.45, 7) is 4.49. The molecule has 1 unspecified atom stereocenters. The average Bonchev–Trinajstić information content (AvgIpc) is 2.55. The molecule has 0 amide bonds. The van der Waals surface area contributed by atoms with Crippen LogP contribution in [0.3, 0.4) is 0 Å². The highest BCUT2D eigenvalue weighted by molar-refractivity contribution is 7.89. The molecule has 1 aromatic carbocycles. The minimum atomic E-state index is -3.44. The number of likely N-dealkylation sites (tertiary alicyclic amines) is 1. The van der Waals surface area contributed by atoms with E-state index in [9.17, 15) is 8.42 Å². The molecule has 1 aliphatic heterocycles. The van der Waals surface area contributed by atoms with Gasteiger partial charge in [0, 0.05) is 19.1 Å². The minimum Gasteiger partial charge on any atom is -0.497 e. The second-order valence-corrected chi connectivity index (χ2v) is 7.43. The number of nitrogens with one attached hydrogen (secondary N) is 1. The van der Waals surface area contributed by atoms with Crippen LogP contribution in [0.5, 0.6) is 5.75 Å². The van der Waals surface area contributed by atoms with E-state index in [1.807, 2.05) is 0 Å². The van der Waals surface area contributed by atoms with Crippen molar-refractivity contribution in [1.29, 1.82) is 0 Å². The van der Waals surface area contributed by atoms with Crippen LogP contribution >= 0.6 is 0 Å². The van der Waals surface area contributed by atoms with Crippen LogP contribution < -0.4 is 9.46 Å². The molecule has 5 nitrogen and oxygen atoms in total. The number of rotatable bonds is 7. The van der Waals surface area contributed by atoms with Crippen molar-refractivity contribution in [2.75, 3.05) is 26.7 Å². The Morgan fingerprint density at radius 3 is 2.64 bits per heavy atom. The van der Waals surface area contributed by atoms with Crippen molar-refractivity contribution >= 4 is 10.0 Å². The van der Waals surface area contributed by atoms with Gasteiger partial charge in [0.15, 0.2) is 0 Å². The van der Waals surface area contributed by atoms with E-state index in [0.29, 0.717) is 18.3 Å². The maximum absolute atomic E-state index is 12.3. The predicted octanol–water partition coefficient (Wildman–Crippen LogP) is 2.24. The van der Waals surface area contributed by atoms with E-state index in [2.05, 4.69) is 16.5 Å². The van der Waals surface area contributed by atoms with Crippen LogP contribution in [0.1, 0.15) is 32.6 Å². The first-order chi connectivity index (χ1) is 10.6. The first-order valence-corrected chi connectivity index (χ1v) is 9.43. The standard InChI is InChI=1S/C16H26N2O3S/c1-3-14-6-4-5-12-18(14)13-11-17-22(19,20)16-9-7-15(21-2)8-10-16/h7-10,14,17H,3-6,11-13H2,1-2H3. The number of nitrogens with zero attached hydrogens (tertiary/aromatic N) is 1. The highest BCUT2D eigenvalue weighted by Gasteiger charge is 2.21. The van der Waals surface area contributed by atoms with Crippen molar-refractivity contribution in [1.82, 2.24) is 9.62 Å². The van der Waals surface area contributed by atoms with Crippen molar-refractivity contribution in [2.45, 2.75) is 43.5 Å². The van der Waals surface area contributed by atoms with Crippen LogP contribution in [0, 0.1) is 0 Å². The molecule has 22 heavy (non-hydrogen) atoms. The molecule has 0 saturated carbocycles. The van der Waals surface area contributed by atoms with Gasteiger partial charge in [-0.2, -0.15) is 0 Å². The third kappa shape index (κ3) is 4.44. The van der Waals surface area contributed by atoms with Gasteiger partial charge in [-0.25, -0.2) is 13.1 Å². The lowest BCUT2D eigenvalue weighted by Gasteiger charge is -2.35. The van der Waals surface area contributed by atoms with Gasteiger partial charge in [-0.15, -0.1) is 0 Å². The first-order valence-electron chi connectivity index (χ1n) is 7.94. The third-order valence-electron chi connectivity index (χ3n) is 4.28. The van der Waals surface area contributed by atoms with Crippen LogP contribution in [0.25, 0.3) is 0 Å². The molecular weight excluding hydrogens is 300 g/mol. The normalized spacial score (nSPS) is 20.0. The highest BCUT2D eigenvalue weighted by Crippen LogP contribution is 2.19. The molecule has 1 N–H and O–H groups in total. The number of sulfonamides is 1. The minimum absolute atomic E-state index is 0.277. The SMILES string of the molecule is CCC1CCCCN1CCNS(=O)(=O)c1ccc(OC)cc1. The van der Waals surface area contributed by atoms with Gasteiger partial charge < -0.3 is 4.74 Å². The molecule has 124 valence electrons. The summed E-state index contributed by atoms with van der Waals surface area (Å²) in [5.41, 5.74) is 0. The average molecular weight is 326 g/mol. The number of methoxy groups -OCH3 is 1. The summed E-state index contributed by atoms with van der Waals surface area (Å²) in [6, 6.07) is 7.05. The molecule has 0 aromatic heterocycles. The molecule has 0 bridgehead atoms. The monoisotopic (exact) mass is 326 g/mol. The van der Waals surface area contributed by atoms with E-state index >= 15 is 0 Å². The van der Waals surface area contributed by atoms with Gasteiger partial charge in [0.25, 0.3) is 0 Å². The molecular formula is C16H26N2O3S. The smallest absolute Gasteiger partial charge is 0.240 e. The topological polar surface area (TPSA) is 58.6 Å². The number of piperidine rings is 1. The Balaban J connectivity index is 1.89. The van der Waals surface area contributed by atoms with E-state index in [4.69, 9.17) is 4.74 Å². The number of hydrogen-bond donors (Lipinski definition) is 1. The summed E-state index contributed by atoms with van der Waals surface area (Å²) < 4.78 is 32.2. The van der Waals surface area contributed by atoms with Gasteiger partial charge in [-0.1, -0.05) is 13.3 Å². The molecule has 2 rings (SSSR count). The molecule has 1 fully saturated rings. The molecule has 0 aliphatic carbocycles. The van der Waals surface area contributed by atoms with Crippen molar-refractivity contribution < 1.29 is 13.2 Å². The van der Waals surface area contributed by atoms with E-state index in [1.54, 1.807) is 31.4 Å². The zero-order valence-electron chi connectivity index (χ0n) is 13.4. The number of benzene rings is 1. The fourth-order valence-corrected chi connectivity index (χ4v) is 4.00. The zero-order valence-corrected chi connectivity index (χ0v) is 14.2. The van der Waals surface area contributed by atoms with Gasteiger partial charge in [-0.05, 0) is 50.1 Å². The van der Waals surface area contributed by atoms with Crippen molar-refractivity contribution in [3.63, 3.8) is 0 Å². The van der Waals surface area contributed by atoms with Gasteiger partial charge in [0.2, 0.25) is 10.0 Å². The summed E-state index contributed by atoms with van der Waals surface area (Å²) in [6.07, 6.45) is 4.85. The van der Waals surface area contributed by atoms with Crippen molar-refractivity contribution in [3.05, 3.63) is 24.3 Å². The summed E-state index contributed by atoms with van der Waals surface area (Å²) >= 11 is 0. The van der Waals surface area contributed by atoms with Crippen molar-refractivity contribution in [3.8, 4) is 5.75 Å². The lowest BCUT2D eigenvalue weighted by molar-refractivity contribution is 0.147. The zero-order chi connectivity index (χ0) is 16.0. The molecule has 6 heteroatoms. The quantitative estimate of drug-likeness (QED) is 0.835. The van der Waals surface area contributed by atoms with Crippen LogP contribution in [-0.4, -0.2) is 46.1 Å².